The zero-order chi connectivity index (χ0) is 7.42. The molecular weight excluding hydrogens is 136 g/mol. The molecule has 2 bridgehead atoms. The minimum Gasteiger partial charge on any atom is -0.389 e. The van der Waals surface area contributed by atoms with Gasteiger partial charge in [0.1, 0.15) is 0 Å². The van der Waals surface area contributed by atoms with Gasteiger partial charge in [0.25, 0.3) is 0 Å². The second kappa shape index (κ2) is 1.78. The van der Waals surface area contributed by atoms with Gasteiger partial charge in [-0.1, -0.05) is 24.3 Å². The first-order valence-electron chi connectivity index (χ1n) is 4.41. The van der Waals surface area contributed by atoms with Gasteiger partial charge in [-0.2, -0.15) is 0 Å². The van der Waals surface area contributed by atoms with Crippen LogP contribution in [0.2, 0.25) is 0 Å². The van der Waals surface area contributed by atoms with Crippen LogP contribution in [0.1, 0.15) is 6.42 Å². The number of allylic oxidation sites excluding steroid dienone is 3. The van der Waals surface area contributed by atoms with Crippen LogP contribution in [-0.4, -0.2) is 11.2 Å². The van der Waals surface area contributed by atoms with Gasteiger partial charge in [0.05, 0.1) is 6.10 Å². The second-order valence-electron chi connectivity index (χ2n) is 3.98. The Balaban J connectivity index is 2.02. The Kier molecular flexibility index (Phi) is 0.972. The van der Waals surface area contributed by atoms with Crippen LogP contribution in [0.15, 0.2) is 24.3 Å². The summed E-state index contributed by atoms with van der Waals surface area (Å²) in [5.41, 5.74) is 0. The molecular formula is C10H12O. The summed E-state index contributed by atoms with van der Waals surface area (Å²) >= 11 is 0. The van der Waals surface area contributed by atoms with E-state index in [1.165, 1.54) is 6.42 Å². The summed E-state index contributed by atoms with van der Waals surface area (Å²) in [5.74, 6) is 2.62. The molecule has 1 fully saturated rings. The van der Waals surface area contributed by atoms with E-state index in [2.05, 4.69) is 18.2 Å². The molecule has 0 radical (unpaired) electrons. The molecule has 5 atom stereocenters. The lowest BCUT2D eigenvalue weighted by molar-refractivity contribution is 0.132. The van der Waals surface area contributed by atoms with Gasteiger partial charge >= 0.3 is 0 Å². The number of hydrogen-bond donors (Lipinski definition) is 1. The van der Waals surface area contributed by atoms with E-state index in [0.717, 1.165) is 5.92 Å². The molecule has 1 N–H and O–H groups in total. The summed E-state index contributed by atoms with van der Waals surface area (Å²) in [4.78, 5) is 0. The SMILES string of the molecule is OC1C=C[C@@H]2C3C=CC(C3)[C@H]12. The summed E-state index contributed by atoms with van der Waals surface area (Å²) < 4.78 is 0. The average Bonchev–Trinajstić information content (AvgIpc) is 2.60. The third kappa shape index (κ3) is 0.603. The van der Waals surface area contributed by atoms with Gasteiger partial charge in [-0.3, -0.25) is 0 Å². The standard InChI is InChI=1S/C10H12O/c11-9-4-3-8-6-1-2-7(5-6)10(8)9/h1-4,6-11H,5H2/t6?,7?,8-,9?,10+/m1/s1. The first-order valence-corrected chi connectivity index (χ1v) is 4.41. The van der Waals surface area contributed by atoms with Crippen LogP contribution in [0, 0.1) is 23.7 Å². The topological polar surface area (TPSA) is 20.2 Å². The van der Waals surface area contributed by atoms with Crippen molar-refractivity contribution < 1.29 is 5.11 Å². The number of rotatable bonds is 0. The summed E-state index contributed by atoms with van der Waals surface area (Å²) in [6, 6.07) is 0. The summed E-state index contributed by atoms with van der Waals surface area (Å²) in [6.45, 7) is 0. The fourth-order valence-electron chi connectivity index (χ4n) is 3.02. The first kappa shape index (κ1) is 6.01. The predicted octanol–water partition coefficient (Wildman–Crippen LogP) is 1.36. The van der Waals surface area contributed by atoms with E-state index in [4.69, 9.17) is 0 Å². The molecule has 0 aromatic carbocycles. The number of aliphatic hydroxyl groups is 1. The Hall–Kier alpha value is -0.560. The van der Waals surface area contributed by atoms with Crippen molar-refractivity contribution in [3.8, 4) is 0 Å². The normalized spacial score (nSPS) is 57.4. The molecule has 3 rings (SSSR count). The zero-order valence-electron chi connectivity index (χ0n) is 6.35. The molecule has 0 spiro atoms. The molecule has 3 aliphatic carbocycles. The van der Waals surface area contributed by atoms with E-state index in [0.29, 0.717) is 17.8 Å². The quantitative estimate of drug-likeness (QED) is 0.514. The first-order chi connectivity index (χ1) is 5.36. The van der Waals surface area contributed by atoms with Crippen molar-refractivity contribution >= 4 is 0 Å². The van der Waals surface area contributed by atoms with Crippen molar-refractivity contribution in [2.75, 3.05) is 0 Å². The molecule has 11 heavy (non-hydrogen) atoms. The average molecular weight is 148 g/mol. The second-order valence-corrected chi connectivity index (χ2v) is 3.98. The van der Waals surface area contributed by atoms with Crippen LogP contribution in [0.5, 0.6) is 0 Å². The van der Waals surface area contributed by atoms with Crippen LogP contribution in [-0.2, 0) is 0 Å². The molecule has 1 nitrogen and oxygen atoms in total. The van der Waals surface area contributed by atoms with E-state index < -0.39 is 0 Å². The Bertz CT molecular complexity index is 241. The van der Waals surface area contributed by atoms with Crippen LogP contribution < -0.4 is 0 Å². The van der Waals surface area contributed by atoms with Gasteiger partial charge in [-0.25, -0.2) is 0 Å². The van der Waals surface area contributed by atoms with E-state index in [9.17, 15) is 5.11 Å². The van der Waals surface area contributed by atoms with Gasteiger partial charge in [-0.05, 0) is 24.2 Å². The number of hydrogen-bond acceptors (Lipinski definition) is 1. The van der Waals surface area contributed by atoms with Crippen molar-refractivity contribution in [2.24, 2.45) is 23.7 Å². The van der Waals surface area contributed by atoms with Gasteiger partial charge in [0, 0.05) is 5.92 Å². The maximum absolute atomic E-state index is 9.60. The summed E-state index contributed by atoms with van der Waals surface area (Å²) in [7, 11) is 0. The van der Waals surface area contributed by atoms with Crippen molar-refractivity contribution in [1.29, 1.82) is 0 Å². The minimum atomic E-state index is -0.153. The molecule has 58 valence electrons. The minimum absolute atomic E-state index is 0.153. The van der Waals surface area contributed by atoms with E-state index in [1.54, 1.807) is 0 Å². The van der Waals surface area contributed by atoms with Crippen LogP contribution >= 0.6 is 0 Å². The molecule has 3 unspecified atom stereocenters. The van der Waals surface area contributed by atoms with Gasteiger partial charge in [0.15, 0.2) is 0 Å². The summed E-state index contributed by atoms with van der Waals surface area (Å²) in [6.07, 6.45) is 9.94. The molecule has 0 aromatic rings. The van der Waals surface area contributed by atoms with Crippen molar-refractivity contribution in [1.82, 2.24) is 0 Å². The molecule has 0 saturated heterocycles. The maximum atomic E-state index is 9.60. The van der Waals surface area contributed by atoms with Crippen molar-refractivity contribution in [3.63, 3.8) is 0 Å². The fourth-order valence-corrected chi connectivity index (χ4v) is 3.02. The Morgan fingerprint density at radius 1 is 1.00 bits per heavy atom. The van der Waals surface area contributed by atoms with Gasteiger partial charge in [0.2, 0.25) is 0 Å². The lowest BCUT2D eigenvalue weighted by atomic mass is 9.84. The number of aliphatic hydroxyl groups excluding tert-OH is 1. The van der Waals surface area contributed by atoms with Crippen molar-refractivity contribution in [3.05, 3.63) is 24.3 Å². The zero-order valence-corrected chi connectivity index (χ0v) is 6.35. The monoisotopic (exact) mass is 148 g/mol. The molecule has 1 saturated carbocycles. The third-order valence-electron chi connectivity index (χ3n) is 3.51. The lowest BCUT2D eigenvalue weighted by Crippen LogP contribution is -2.23. The highest BCUT2D eigenvalue weighted by atomic mass is 16.3. The largest absolute Gasteiger partial charge is 0.389 e. The Morgan fingerprint density at radius 2 is 1.82 bits per heavy atom. The molecule has 1 heteroatoms. The number of fused-ring (bicyclic) bond motifs is 5. The van der Waals surface area contributed by atoms with E-state index in [1.807, 2.05) is 6.08 Å². The fraction of sp³-hybridized carbons (Fsp3) is 0.600. The maximum Gasteiger partial charge on any atom is 0.0760 e. The highest BCUT2D eigenvalue weighted by molar-refractivity contribution is 5.24. The van der Waals surface area contributed by atoms with Crippen LogP contribution in [0.3, 0.4) is 0 Å². The molecule has 0 aliphatic heterocycles. The lowest BCUT2D eigenvalue weighted by Gasteiger charge is -2.22. The highest BCUT2D eigenvalue weighted by Gasteiger charge is 2.48. The third-order valence-corrected chi connectivity index (χ3v) is 3.51. The van der Waals surface area contributed by atoms with Crippen LogP contribution in [0.4, 0.5) is 0 Å². The smallest absolute Gasteiger partial charge is 0.0760 e. The molecule has 0 aromatic heterocycles. The van der Waals surface area contributed by atoms with Crippen LogP contribution in [0.25, 0.3) is 0 Å². The van der Waals surface area contributed by atoms with E-state index >= 15 is 0 Å². The van der Waals surface area contributed by atoms with Gasteiger partial charge in [-0.15, -0.1) is 0 Å². The Morgan fingerprint density at radius 3 is 2.64 bits per heavy atom. The van der Waals surface area contributed by atoms with E-state index in [-0.39, 0.29) is 6.10 Å². The molecule has 3 aliphatic rings. The van der Waals surface area contributed by atoms with Gasteiger partial charge < -0.3 is 5.11 Å². The summed E-state index contributed by atoms with van der Waals surface area (Å²) in [5, 5.41) is 9.60. The predicted molar refractivity (Wildman–Crippen MR) is 42.9 cm³/mol. The molecule has 0 heterocycles. The Labute approximate surface area is 66.4 Å². The molecule has 0 amide bonds. The van der Waals surface area contributed by atoms with Crippen molar-refractivity contribution in [2.45, 2.75) is 12.5 Å². The highest BCUT2D eigenvalue weighted by Crippen LogP contribution is 2.52.